The largest absolute Gasteiger partial charge is 0.851 e. The van der Waals surface area contributed by atoms with E-state index in [9.17, 15) is 15.0 Å². The highest BCUT2D eigenvalue weighted by Crippen LogP contribution is 2.49. The summed E-state index contributed by atoms with van der Waals surface area (Å²) < 4.78 is 1.44. The highest BCUT2D eigenvalue weighted by Gasteiger charge is 2.43. The number of benzene rings is 2. The van der Waals surface area contributed by atoms with Gasteiger partial charge in [-0.05, 0) is 55.0 Å². The molecule has 1 fully saturated rings. The van der Waals surface area contributed by atoms with Crippen molar-refractivity contribution in [2.75, 3.05) is 11.9 Å². The molecule has 2 atom stereocenters. The summed E-state index contributed by atoms with van der Waals surface area (Å²) in [5.41, 5.74) is 5.29. The minimum absolute atomic E-state index is 0. The Morgan fingerprint density at radius 3 is 2.35 bits per heavy atom. The fourth-order valence-corrected chi connectivity index (χ4v) is 5.61. The van der Waals surface area contributed by atoms with Gasteiger partial charge in [-0.15, -0.1) is 12.2 Å². The molecule has 2 unspecified atom stereocenters. The molecule has 6 heteroatoms. The van der Waals surface area contributed by atoms with Gasteiger partial charge in [-0.3, -0.25) is 9.89 Å². The van der Waals surface area contributed by atoms with Gasteiger partial charge in [0.05, 0.1) is 5.69 Å². The third kappa shape index (κ3) is 3.36. The van der Waals surface area contributed by atoms with Crippen molar-refractivity contribution in [2.24, 2.45) is 5.92 Å². The maximum atomic E-state index is 13.3. The number of hydrogen-bond donors (Lipinski definition) is 1. The van der Waals surface area contributed by atoms with Gasteiger partial charge in [-0.25, -0.2) is 4.68 Å². The van der Waals surface area contributed by atoms with Gasteiger partial charge in [0.2, 0.25) is 0 Å². The highest BCUT2D eigenvalue weighted by atomic mass is 16.3. The SMILES string of the molecule is C.Cc1cccc(-n2[nH]c(C)c(C3C([O-])C(C=C4N(C)c5ccccc5C4(C)C)C3[O-])c2=O)c1. The topological polar surface area (TPSA) is 87.2 Å². The molecule has 2 heterocycles. The van der Waals surface area contributed by atoms with Crippen molar-refractivity contribution in [1.82, 2.24) is 9.78 Å². The Bertz CT molecular complexity index is 1310. The molecule has 3 aromatic rings. The first-order valence-corrected chi connectivity index (χ1v) is 11.4. The van der Waals surface area contributed by atoms with Crippen LogP contribution in [0.25, 0.3) is 5.69 Å². The van der Waals surface area contributed by atoms with E-state index in [0.29, 0.717) is 16.9 Å². The van der Waals surface area contributed by atoms with E-state index in [1.807, 2.05) is 56.4 Å². The predicted octanol–water partition coefficient (Wildman–Crippen LogP) is 2.90. The van der Waals surface area contributed by atoms with Crippen LogP contribution >= 0.6 is 0 Å². The summed E-state index contributed by atoms with van der Waals surface area (Å²) in [5.74, 6) is -1.51. The van der Waals surface area contributed by atoms with E-state index >= 15 is 0 Å². The van der Waals surface area contributed by atoms with Crippen molar-refractivity contribution in [3.63, 3.8) is 0 Å². The molecule has 0 saturated heterocycles. The van der Waals surface area contributed by atoms with Crippen LogP contribution in [-0.4, -0.2) is 29.0 Å². The molecule has 0 amide bonds. The molecule has 2 aliphatic rings. The van der Waals surface area contributed by atoms with Gasteiger partial charge in [0.25, 0.3) is 5.56 Å². The molecule has 1 N–H and O–H groups in total. The van der Waals surface area contributed by atoms with Crippen LogP contribution in [0.1, 0.15) is 49.6 Å². The molecule has 1 saturated carbocycles. The lowest BCUT2D eigenvalue weighted by molar-refractivity contribution is -0.543. The van der Waals surface area contributed by atoms with Crippen LogP contribution in [0.2, 0.25) is 0 Å². The Morgan fingerprint density at radius 2 is 1.71 bits per heavy atom. The zero-order valence-corrected chi connectivity index (χ0v) is 19.6. The average molecular weight is 460 g/mol. The van der Waals surface area contributed by atoms with Crippen molar-refractivity contribution < 1.29 is 10.2 Å². The van der Waals surface area contributed by atoms with E-state index in [1.165, 1.54) is 10.2 Å². The molecule has 1 aromatic heterocycles. The normalized spacial score (nSPS) is 26.2. The number of aryl methyl sites for hydroxylation is 2. The number of aromatic amines is 1. The first kappa shape index (κ1) is 24.0. The van der Waals surface area contributed by atoms with Crippen LogP contribution in [0, 0.1) is 19.8 Å². The Labute approximate surface area is 201 Å². The van der Waals surface area contributed by atoms with Gasteiger partial charge in [0.15, 0.2) is 0 Å². The van der Waals surface area contributed by atoms with Gasteiger partial charge < -0.3 is 15.1 Å². The standard InChI is InChI=1S/C27H29N3O3.CH4/c1-15-9-8-10-17(13-15)30-26(33)22(16(2)28-30)23-24(31)18(25(23)32)14-21-27(3,4)19-11-6-7-12-20(19)29(21)5;/h6-14,18,23-25,28H,1-5H3;1H4/q-2;. The average Bonchev–Trinajstić information content (AvgIpc) is 3.17. The maximum absolute atomic E-state index is 13.3. The Morgan fingerprint density at radius 1 is 1.03 bits per heavy atom. The smallest absolute Gasteiger partial charge is 0.274 e. The van der Waals surface area contributed by atoms with Gasteiger partial charge in [-0.2, -0.15) is 0 Å². The number of para-hydroxylation sites is 1. The second-order valence-corrected chi connectivity index (χ2v) is 9.92. The molecule has 5 rings (SSSR count). The number of aromatic nitrogens is 2. The lowest BCUT2D eigenvalue weighted by Gasteiger charge is -2.60. The summed E-state index contributed by atoms with van der Waals surface area (Å²) in [7, 11) is 1.98. The molecule has 34 heavy (non-hydrogen) atoms. The number of nitrogens with one attached hydrogen (secondary N) is 1. The number of nitrogens with zero attached hydrogens (tertiary/aromatic N) is 2. The summed E-state index contributed by atoms with van der Waals surface area (Å²) in [5, 5.41) is 29.7. The van der Waals surface area contributed by atoms with Crippen molar-refractivity contribution in [1.29, 1.82) is 0 Å². The first-order chi connectivity index (χ1) is 15.6. The number of likely N-dealkylation sites (N-methyl/N-ethyl adjacent to an activating group) is 1. The first-order valence-electron chi connectivity index (χ1n) is 11.4. The second kappa shape index (κ2) is 8.29. The molecule has 0 bridgehead atoms. The Balaban J connectivity index is 0.00000274. The van der Waals surface area contributed by atoms with Gasteiger partial charge in [0.1, 0.15) is 0 Å². The quantitative estimate of drug-likeness (QED) is 0.652. The van der Waals surface area contributed by atoms with Crippen LogP contribution in [-0.2, 0) is 5.41 Å². The minimum Gasteiger partial charge on any atom is -0.851 e. The van der Waals surface area contributed by atoms with Gasteiger partial charge in [-0.1, -0.05) is 57.7 Å². The van der Waals surface area contributed by atoms with Crippen molar-refractivity contribution in [2.45, 2.75) is 58.7 Å². The fourth-order valence-electron chi connectivity index (χ4n) is 5.61. The minimum atomic E-state index is -1.15. The number of rotatable bonds is 3. The lowest BCUT2D eigenvalue weighted by Crippen LogP contribution is -2.65. The van der Waals surface area contributed by atoms with E-state index in [0.717, 1.165) is 16.9 Å². The van der Waals surface area contributed by atoms with E-state index in [4.69, 9.17) is 0 Å². The van der Waals surface area contributed by atoms with Crippen LogP contribution < -0.4 is 20.7 Å². The molecule has 180 valence electrons. The second-order valence-electron chi connectivity index (χ2n) is 9.92. The summed E-state index contributed by atoms with van der Waals surface area (Å²) in [6.45, 7) is 7.96. The monoisotopic (exact) mass is 459 g/mol. The number of anilines is 1. The third-order valence-electron chi connectivity index (χ3n) is 7.47. The highest BCUT2D eigenvalue weighted by molar-refractivity contribution is 5.69. The molecule has 0 radical (unpaired) electrons. The number of hydrogen-bond acceptors (Lipinski definition) is 4. The molecule has 1 aliphatic carbocycles. The zero-order chi connectivity index (χ0) is 23.7. The molecule has 0 spiro atoms. The van der Waals surface area contributed by atoms with Crippen LogP contribution in [0.15, 0.2) is 65.1 Å². The van der Waals surface area contributed by atoms with Crippen molar-refractivity contribution >= 4 is 5.69 Å². The predicted molar refractivity (Wildman–Crippen MR) is 132 cm³/mol. The Kier molecular flexibility index (Phi) is 5.86. The van der Waals surface area contributed by atoms with Crippen LogP contribution in [0.3, 0.4) is 0 Å². The summed E-state index contributed by atoms with van der Waals surface area (Å²) in [4.78, 5) is 15.3. The summed E-state index contributed by atoms with van der Waals surface area (Å²) >= 11 is 0. The van der Waals surface area contributed by atoms with E-state index < -0.39 is 24.0 Å². The van der Waals surface area contributed by atoms with Crippen molar-refractivity contribution in [3.05, 3.63) is 93.0 Å². The number of allylic oxidation sites excluding steroid dienone is 1. The van der Waals surface area contributed by atoms with Gasteiger partial charge >= 0.3 is 0 Å². The maximum Gasteiger partial charge on any atom is 0.274 e. The molecule has 6 nitrogen and oxygen atoms in total. The van der Waals surface area contributed by atoms with Crippen LogP contribution in [0.4, 0.5) is 5.69 Å². The molecular formula is C28H33N3O3-2. The summed E-state index contributed by atoms with van der Waals surface area (Å²) in [6.07, 6.45) is -0.436. The number of fused-ring (bicyclic) bond motifs is 1. The molecular weight excluding hydrogens is 426 g/mol. The zero-order valence-electron chi connectivity index (χ0n) is 19.6. The lowest BCUT2D eigenvalue weighted by atomic mass is 9.65. The van der Waals surface area contributed by atoms with Gasteiger partial charge in [0, 0.05) is 35.1 Å². The number of H-pyrrole nitrogens is 1. The molecule has 2 aromatic carbocycles. The van der Waals surface area contributed by atoms with E-state index in [2.05, 4.69) is 36.0 Å². The molecule has 1 aliphatic heterocycles. The van der Waals surface area contributed by atoms with Crippen molar-refractivity contribution in [3.8, 4) is 5.69 Å². The fraction of sp³-hybridized carbons (Fsp3) is 0.393. The Hall–Kier alpha value is -3.09. The summed E-state index contributed by atoms with van der Waals surface area (Å²) in [6, 6.07) is 15.7. The third-order valence-corrected chi connectivity index (χ3v) is 7.47. The van der Waals surface area contributed by atoms with Crippen LogP contribution in [0.5, 0.6) is 0 Å². The van der Waals surface area contributed by atoms with E-state index in [-0.39, 0.29) is 18.4 Å². The van der Waals surface area contributed by atoms with E-state index in [1.54, 1.807) is 6.92 Å².